The van der Waals surface area contributed by atoms with Gasteiger partial charge in [-0.2, -0.15) is 8.42 Å². The molecule has 224 valence electrons. The molecule has 0 aliphatic carbocycles. The van der Waals surface area contributed by atoms with E-state index in [9.17, 15) is 8.42 Å². The summed E-state index contributed by atoms with van der Waals surface area (Å²) in [6.07, 6.45) is 25.8. The summed E-state index contributed by atoms with van der Waals surface area (Å²) in [5, 5.41) is 0. The molecule has 0 aromatic carbocycles. The minimum absolute atomic E-state index is 0.219. The average Bonchev–Trinajstić information content (AvgIpc) is 2.87. The number of hydrogen-bond donors (Lipinski definition) is 0. The molecule has 0 amide bonds. The first-order valence-corrected chi connectivity index (χ1v) is 17.6. The molecule has 0 spiro atoms. The van der Waals surface area contributed by atoms with Crippen LogP contribution < -0.4 is 0 Å². The van der Waals surface area contributed by atoms with E-state index < -0.39 is 10.4 Å². The van der Waals surface area contributed by atoms with Crippen LogP contribution in [0.15, 0.2) is 0 Å². The maximum Gasteiger partial charge on any atom is 0.399 e. The maximum absolute atomic E-state index is 12.2. The van der Waals surface area contributed by atoms with Crippen molar-refractivity contribution in [3.8, 4) is 0 Å². The molecule has 0 heterocycles. The van der Waals surface area contributed by atoms with Crippen LogP contribution in [0.4, 0.5) is 0 Å². The van der Waals surface area contributed by atoms with Gasteiger partial charge >= 0.3 is 10.4 Å². The number of rotatable bonds is 28. The van der Waals surface area contributed by atoms with Crippen LogP contribution in [0.5, 0.6) is 0 Å². The van der Waals surface area contributed by atoms with Gasteiger partial charge < -0.3 is 0 Å². The Labute approximate surface area is 233 Å². The minimum Gasteiger partial charge on any atom is -0.248 e. The van der Waals surface area contributed by atoms with Gasteiger partial charge in [-0.3, -0.25) is 0 Å². The zero-order valence-corrected chi connectivity index (χ0v) is 26.7. The Balaban J connectivity index is 3.82. The van der Waals surface area contributed by atoms with Crippen molar-refractivity contribution < 1.29 is 16.8 Å². The molecule has 4 unspecified atom stereocenters. The SMILES string of the molecule is CCCCCCCCCC(C)CCC(C)COS(=O)(=O)OCC(C)CCC(C)CCCCCCCCC. The summed E-state index contributed by atoms with van der Waals surface area (Å²) in [4.78, 5) is 0. The fraction of sp³-hybridized carbons (Fsp3) is 1.00. The second-order valence-electron chi connectivity index (χ2n) is 12.4. The second kappa shape index (κ2) is 24.9. The molecule has 0 saturated heterocycles. The summed E-state index contributed by atoms with van der Waals surface area (Å²) in [6, 6.07) is 0. The van der Waals surface area contributed by atoms with Gasteiger partial charge in [0.15, 0.2) is 0 Å². The van der Waals surface area contributed by atoms with Gasteiger partial charge in [-0.15, -0.1) is 0 Å². The zero-order chi connectivity index (χ0) is 27.8. The van der Waals surface area contributed by atoms with Gasteiger partial charge in [0.25, 0.3) is 0 Å². The molecular weight excluding hydrogens is 480 g/mol. The molecule has 4 nitrogen and oxygen atoms in total. The van der Waals surface area contributed by atoms with Crippen molar-refractivity contribution in [3.63, 3.8) is 0 Å². The molecule has 0 fully saturated rings. The summed E-state index contributed by atoms with van der Waals surface area (Å²) >= 11 is 0. The van der Waals surface area contributed by atoms with Crippen molar-refractivity contribution >= 4 is 10.4 Å². The van der Waals surface area contributed by atoms with Crippen molar-refractivity contribution in [1.29, 1.82) is 0 Å². The highest BCUT2D eigenvalue weighted by Gasteiger charge is 2.17. The molecular formula is C32H66O4S. The Morgan fingerprint density at radius 3 is 1.08 bits per heavy atom. The first kappa shape index (κ1) is 36.9. The number of hydrogen-bond acceptors (Lipinski definition) is 4. The fourth-order valence-electron chi connectivity index (χ4n) is 4.93. The topological polar surface area (TPSA) is 52.6 Å². The molecule has 0 N–H and O–H groups in total. The highest BCUT2D eigenvalue weighted by Crippen LogP contribution is 2.21. The smallest absolute Gasteiger partial charge is 0.248 e. The van der Waals surface area contributed by atoms with Crippen molar-refractivity contribution in [3.05, 3.63) is 0 Å². The van der Waals surface area contributed by atoms with Gasteiger partial charge in [0.05, 0.1) is 13.2 Å². The summed E-state index contributed by atoms with van der Waals surface area (Å²) in [5.41, 5.74) is 0. The predicted octanol–water partition coefficient (Wildman–Crippen LogP) is 10.7. The molecule has 5 heteroatoms. The van der Waals surface area contributed by atoms with Crippen LogP contribution in [0, 0.1) is 23.7 Å². The molecule has 37 heavy (non-hydrogen) atoms. The zero-order valence-electron chi connectivity index (χ0n) is 25.9. The minimum atomic E-state index is -3.90. The lowest BCUT2D eigenvalue weighted by atomic mass is 9.94. The van der Waals surface area contributed by atoms with Crippen molar-refractivity contribution in [2.45, 2.75) is 170 Å². The lowest BCUT2D eigenvalue weighted by Gasteiger charge is -2.17. The van der Waals surface area contributed by atoms with Crippen LogP contribution in [0.3, 0.4) is 0 Å². The summed E-state index contributed by atoms with van der Waals surface area (Å²) in [6.45, 7) is 13.8. The van der Waals surface area contributed by atoms with E-state index in [1.807, 2.05) is 0 Å². The third-order valence-electron chi connectivity index (χ3n) is 7.90. The van der Waals surface area contributed by atoms with Crippen LogP contribution in [0.25, 0.3) is 0 Å². The molecule has 0 aromatic rings. The Morgan fingerprint density at radius 2 is 0.730 bits per heavy atom. The van der Waals surface area contributed by atoms with Gasteiger partial charge in [-0.1, -0.05) is 157 Å². The normalized spacial score (nSPS) is 15.5. The molecule has 0 aliphatic rings. The Hall–Kier alpha value is -0.130. The first-order chi connectivity index (χ1) is 17.7. The highest BCUT2D eigenvalue weighted by molar-refractivity contribution is 7.81. The van der Waals surface area contributed by atoms with Crippen molar-refractivity contribution in [2.24, 2.45) is 23.7 Å². The summed E-state index contributed by atoms with van der Waals surface area (Å²) in [5.74, 6) is 1.83. The summed E-state index contributed by atoms with van der Waals surface area (Å²) in [7, 11) is -3.90. The molecule has 4 atom stereocenters. The lowest BCUT2D eigenvalue weighted by molar-refractivity contribution is 0.167. The van der Waals surface area contributed by atoms with E-state index in [0.717, 1.165) is 25.7 Å². The van der Waals surface area contributed by atoms with Gasteiger partial charge in [0, 0.05) is 0 Å². The molecule has 0 aliphatic heterocycles. The third-order valence-corrected chi connectivity index (χ3v) is 8.75. The van der Waals surface area contributed by atoms with Crippen molar-refractivity contribution in [1.82, 2.24) is 0 Å². The third kappa shape index (κ3) is 25.9. The van der Waals surface area contributed by atoms with E-state index in [1.165, 1.54) is 103 Å². The van der Waals surface area contributed by atoms with Crippen LogP contribution in [0.2, 0.25) is 0 Å². The molecule has 0 radical (unpaired) electrons. The summed E-state index contributed by atoms with van der Waals surface area (Å²) < 4.78 is 34.8. The Morgan fingerprint density at radius 1 is 0.432 bits per heavy atom. The molecule has 0 rings (SSSR count). The molecule has 0 bridgehead atoms. The van der Waals surface area contributed by atoms with Crippen LogP contribution in [0.1, 0.15) is 170 Å². The molecule has 0 saturated carbocycles. The highest BCUT2D eigenvalue weighted by atomic mass is 32.3. The largest absolute Gasteiger partial charge is 0.399 e. The maximum atomic E-state index is 12.2. The average molecular weight is 547 g/mol. The Bertz CT molecular complexity index is 533. The standard InChI is InChI=1S/C32H66O4S/c1-7-9-11-13-15-17-19-21-29(3)23-25-31(5)27-35-37(33,34)36-28-32(6)26-24-30(4)22-20-18-16-14-12-10-8-2/h29-32H,7-28H2,1-6H3. The molecule has 0 aromatic heterocycles. The van der Waals surface area contributed by atoms with E-state index in [0.29, 0.717) is 11.8 Å². The Kier molecular flexibility index (Phi) is 24.8. The van der Waals surface area contributed by atoms with Gasteiger partial charge in [-0.05, 0) is 36.5 Å². The monoisotopic (exact) mass is 546 g/mol. The lowest BCUT2D eigenvalue weighted by Crippen LogP contribution is -2.18. The van der Waals surface area contributed by atoms with E-state index >= 15 is 0 Å². The predicted molar refractivity (Wildman–Crippen MR) is 161 cm³/mol. The second-order valence-corrected chi connectivity index (χ2v) is 13.7. The number of unbranched alkanes of at least 4 members (excludes halogenated alkanes) is 12. The van der Waals surface area contributed by atoms with E-state index in [1.54, 1.807) is 0 Å². The van der Waals surface area contributed by atoms with Crippen LogP contribution >= 0.6 is 0 Å². The van der Waals surface area contributed by atoms with Gasteiger partial charge in [0.2, 0.25) is 0 Å². The first-order valence-electron chi connectivity index (χ1n) is 16.2. The van der Waals surface area contributed by atoms with Crippen LogP contribution in [-0.4, -0.2) is 21.6 Å². The van der Waals surface area contributed by atoms with E-state index in [4.69, 9.17) is 8.37 Å². The van der Waals surface area contributed by atoms with Crippen molar-refractivity contribution in [2.75, 3.05) is 13.2 Å². The van der Waals surface area contributed by atoms with E-state index in [2.05, 4.69) is 41.5 Å². The fourth-order valence-corrected chi connectivity index (χ4v) is 5.79. The van der Waals surface area contributed by atoms with Crippen LogP contribution in [-0.2, 0) is 18.8 Å². The van der Waals surface area contributed by atoms with Gasteiger partial charge in [0.1, 0.15) is 0 Å². The van der Waals surface area contributed by atoms with Gasteiger partial charge in [-0.25, -0.2) is 8.37 Å². The quantitative estimate of drug-likeness (QED) is 0.0916. The van der Waals surface area contributed by atoms with E-state index in [-0.39, 0.29) is 25.0 Å².